The number of carbonyl (C=O) groups excluding carboxylic acids is 1. The van der Waals surface area contributed by atoms with Gasteiger partial charge in [0.2, 0.25) is 5.78 Å². The second-order valence-corrected chi connectivity index (χ2v) is 5.49. The van der Waals surface area contributed by atoms with Gasteiger partial charge in [0.1, 0.15) is 11.6 Å². The van der Waals surface area contributed by atoms with E-state index in [0.717, 1.165) is 0 Å². The molecule has 2 N–H and O–H groups in total. The first kappa shape index (κ1) is 15.4. The molecule has 0 aliphatic rings. The van der Waals surface area contributed by atoms with Crippen molar-refractivity contribution in [3.8, 4) is 6.07 Å². The van der Waals surface area contributed by atoms with Crippen molar-refractivity contribution in [3.05, 3.63) is 74.2 Å². The van der Waals surface area contributed by atoms with Crippen molar-refractivity contribution in [1.82, 2.24) is 9.97 Å². The summed E-state index contributed by atoms with van der Waals surface area (Å²) in [6, 6.07) is 11.1. The van der Waals surface area contributed by atoms with Gasteiger partial charge < -0.3 is 8.83 Å². The number of ketones is 1. The highest BCUT2D eigenvalue weighted by molar-refractivity contribution is 6.15. The fourth-order valence-corrected chi connectivity index (χ4v) is 2.62. The van der Waals surface area contributed by atoms with Gasteiger partial charge >= 0.3 is 11.5 Å². The summed E-state index contributed by atoms with van der Waals surface area (Å²) in [5.74, 6) is -1.71. The number of nitrogens with one attached hydrogen (secondary N) is 2. The van der Waals surface area contributed by atoms with Crippen LogP contribution in [-0.2, 0) is 0 Å². The first-order valence-electron chi connectivity index (χ1n) is 7.46. The van der Waals surface area contributed by atoms with Gasteiger partial charge in [0.05, 0.1) is 11.0 Å². The van der Waals surface area contributed by atoms with Crippen LogP contribution in [0.25, 0.3) is 28.3 Å². The Morgan fingerprint density at radius 1 is 0.962 bits per heavy atom. The molecule has 0 aliphatic carbocycles. The van der Waals surface area contributed by atoms with Crippen LogP contribution >= 0.6 is 0 Å². The maximum absolute atomic E-state index is 12.6. The Bertz CT molecular complexity index is 1360. The van der Waals surface area contributed by atoms with Crippen molar-refractivity contribution in [2.24, 2.45) is 0 Å². The van der Waals surface area contributed by atoms with Crippen LogP contribution in [0.2, 0.25) is 0 Å². The van der Waals surface area contributed by atoms with Crippen molar-refractivity contribution in [3.63, 3.8) is 0 Å². The van der Waals surface area contributed by atoms with Crippen LogP contribution in [0.5, 0.6) is 0 Å². The minimum absolute atomic E-state index is 0.104. The molecule has 0 fully saturated rings. The zero-order valence-electron chi connectivity index (χ0n) is 13.0. The molecular formula is C18H9N3O5. The molecule has 2 heterocycles. The SMILES string of the molecule is N#CC(=Cc1ccc2[nH]c(=O)oc2c1)C(=O)c1ccc2oc(=O)[nH]c2c1. The van der Waals surface area contributed by atoms with Crippen LogP contribution in [0.4, 0.5) is 0 Å². The lowest BCUT2D eigenvalue weighted by Crippen LogP contribution is -2.02. The topological polar surface area (TPSA) is 133 Å². The zero-order chi connectivity index (χ0) is 18.3. The van der Waals surface area contributed by atoms with E-state index in [4.69, 9.17) is 8.83 Å². The van der Waals surface area contributed by atoms with Crippen LogP contribution < -0.4 is 11.5 Å². The standard InChI is InChI=1S/C18H9N3O5/c19-8-11(5-9-1-3-12-15(6-9)26-17(23)20-12)16(22)10-2-4-14-13(7-10)21-18(24)25-14/h1-7H,(H,20,23)(H,21,24). The minimum atomic E-state index is -0.623. The largest absolute Gasteiger partial charge is 0.417 e. The molecule has 4 aromatic rings. The predicted molar refractivity (Wildman–Crippen MR) is 91.6 cm³/mol. The zero-order valence-corrected chi connectivity index (χ0v) is 13.0. The number of benzene rings is 2. The van der Waals surface area contributed by atoms with Gasteiger partial charge in [0.15, 0.2) is 11.2 Å². The Labute approximate surface area is 144 Å². The van der Waals surface area contributed by atoms with Crippen molar-refractivity contribution in [2.45, 2.75) is 0 Å². The van der Waals surface area contributed by atoms with E-state index in [-0.39, 0.29) is 11.1 Å². The molecule has 126 valence electrons. The third kappa shape index (κ3) is 2.63. The van der Waals surface area contributed by atoms with E-state index < -0.39 is 17.3 Å². The molecule has 0 spiro atoms. The fraction of sp³-hybridized carbons (Fsp3) is 0. The Morgan fingerprint density at radius 3 is 2.46 bits per heavy atom. The number of Topliss-reactive ketones (excluding diaryl/α,β-unsaturated/α-hetero) is 1. The number of fused-ring (bicyclic) bond motifs is 2. The Kier molecular flexibility index (Phi) is 3.41. The van der Waals surface area contributed by atoms with Crippen molar-refractivity contribution in [1.29, 1.82) is 5.26 Å². The molecule has 0 saturated carbocycles. The highest BCUT2D eigenvalue weighted by Gasteiger charge is 2.14. The molecule has 2 aromatic carbocycles. The number of oxazole rings is 2. The lowest BCUT2D eigenvalue weighted by Gasteiger charge is -2.00. The monoisotopic (exact) mass is 347 g/mol. The lowest BCUT2D eigenvalue weighted by molar-refractivity contribution is 0.104. The molecule has 0 amide bonds. The number of H-pyrrole nitrogens is 2. The normalized spacial score (nSPS) is 11.7. The molecule has 0 atom stereocenters. The second kappa shape index (κ2) is 5.75. The van der Waals surface area contributed by atoms with Gasteiger partial charge in [0.25, 0.3) is 0 Å². The van der Waals surface area contributed by atoms with Crippen molar-refractivity contribution in [2.75, 3.05) is 0 Å². The first-order valence-corrected chi connectivity index (χ1v) is 7.46. The minimum Gasteiger partial charge on any atom is -0.408 e. The smallest absolute Gasteiger partial charge is 0.408 e. The number of nitrogens with zero attached hydrogens (tertiary/aromatic N) is 1. The summed E-state index contributed by atoms with van der Waals surface area (Å²) >= 11 is 0. The van der Waals surface area contributed by atoms with Crippen molar-refractivity contribution < 1.29 is 13.6 Å². The van der Waals surface area contributed by atoms with E-state index >= 15 is 0 Å². The van der Waals surface area contributed by atoms with Gasteiger partial charge in [-0.15, -0.1) is 0 Å². The lowest BCUT2D eigenvalue weighted by atomic mass is 10.0. The van der Waals surface area contributed by atoms with E-state index in [1.807, 2.05) is 6.07 Å². The summed E-state index contributed by atoms with van der Waals surface area (Å²) in [6.07, 6.45) is 1.40. The average Bonchev–Trinajstić information content (AvgIpc) is 3.18. The summed E-state index contributed by atoms with van der Waals surface area (Å²) in [4.78, 5) is 40.0. The number of hydrogen-bond acceptors (Lipinski definition) is 6. The second-order valence-electron chi connectivity index (χ2n) is 5.49. The summed E-state index contributed by atoms with van der Waals surface area (Å²) in [7, 11) is 0. The van der Waals surface area contributed by atoms with Gasteiger partial charge in [-0.05, 0) is 42.0 Å². The summed E-state index contributed by atoms with van der Waals surface area (Å²) in [5.41, 5.74) is 2.19. The molecule has 0 saturated heterocycles. The molecule has 4 rings (SSSR count). The summed E-state index contributed by atoms with van der Waals surface area (Å²) in [5, 5.41) is 9.36. The number of rotatable bonds is 3. The summed E-state index contributed by atoms with van der Waals surface area (Å²) in [6.45, 7) is 0. The average molecular weight is 347 g/mol. The van der Waals surface area contributed by atoms with E-state index in [1.54, 1.807) is 18.2 Å². The molecule has 0 bridgehead atoms. The van der Waals surface area contributed by atoms with Gasteiger partial charge in [-0.3, -0.25) is 14.8 Å². The van der Waals surface area contributed by atoms with Gasteiger partial charge in [-0.25, -0.2) is 9.59 Å². The number of aromatic amines is 2. The first-order chi connectivity index (χ1) is 12.5. The number of aromatic nitrogens is 2. The fourth-order valence-electron chi connectivity index (χ4n) is 2.62. The maximum atomic E-state index is 12.6. The molecule has 0 aliphatic heterocycles. The highest BCUT2D eigenvalue weighted by Crippen LogP contribution is 2.19. The van der Waals surface area contributed by atoms with E-state index in [0.29, 0.717) is 27.8 Å². The third-order valence-electron chi connectivity index (χ3n) is 3.80. The van der Waals surface area contributed by atoms with Crippen molar-refractivity contribution >= 4 is 34.1 Å². The molecule has 8 nitrogen and oxygen atoms in total. The molecule has 26 heavy (non-hydrogen) atoms. The van der Waals surface area contributed by atoms with E-state index in [9.17, 15) is 19.6 Å². The summed E-state index contributed by atoms with van der Waals surface area (Å²) < 4.78 is 9.85. The van der Waals surface area contributed by atoms with Crippen LogP contribution in [-0.4, -0.2) is 15.8 Å². The molecule has 0 unspecified atom stereocenters. The van der Waals surface area contributed by atoms with Gasteiger partial charge in [-0.2, -0.15) is 5.26 Å². The number of allylic oxidation sites excluding steroid dienone is 1. The molecule has 2 aromatic heterocycles. The predicted octanol–water partition coefficient (Wildman–Crippen LogP) is 2.35. The molecular weight excluding hydrogens is 338 g/mol. The van der Waals surface area contributed by atoms with Crippen LogP contribution in [0.15, 0.2) is 60.4 Å². The Hall–Kier alpha value is -4.12. The highest BCUT2D eigenvalue weighted by atomic mass is 16.4. The van der Waals surface area contributed by atoms with E-state index in [2.05, 4.69) is 9.97 Å². The van der Waals surface area contributed by atoms with Crippen LogP contribution in [0.3, 0.4) is 0 Å². The number of carbonyl (C=O) groups is 1. The third-order valence-corrected chi connectivity index (χ3v) is 3.80. The van der Waals surface area contributed by atoms with Gasteiger partial charge in [0, 0.05) is 5.56 Å². The van der Waals surface area contributed by atoms with Crippen LogP contribution in [0, 0.1) is 11.3 Å². The number of nitriles is 1. The van der Waals surface area contributed by atoms with Crippen LogP contribution in [0.1, 0.15) is 15.9 Å². The van der Waals surface area contributed by atoms with Gasteiger partial charge in [-0.1, -0.05) is 6.07 Å². The quantitative estimate of drug-likeness (QED) is 0.332. The molecule has 0 radical (unpaired) electrons. The van der Waals surface area contributed by atoms with E-state index in [1.165, 1.54) is 24.3 Å². The Balaban J connectivity index is 1.75. The Morgan fingerprint density at radius 2 is 1.69 bits per heavy atom. The molecule has 8 heteroatoms. The number of hydrogen-bond donors (Lipinski definition) is 2. The maximum Gasteiger partial charge on any atom is 0.417 e.